The molecule has 0 bridgehead atoms. The van der Waals surface area contributed by atoms with Crippen LogP contribution in [0.1, 0.15) is 36.0 Å². The Morgan fingerprint density at radius 3 is 2.51 bits per heavy atom. The molecule has 0 radical (unpaired) electrons. The number of piperidine rings is 1. The molecule has 1 N–H and O–H groups in total. The van der Waals surface area contributed by atoms with Crippen molar-refractivity contribution in [1.82, 2.24) is 15.1 Å². The third-order valence-corrected chi connectivity index (χ3v) is 7.98. The Hall–Kier alpha value is -3.79. The van der Waals surface area contributed by atoms with E-state index in [4.69, 9.17) is 14.2 Å². The van der Waals surface area contributed by atoms with E-state index < -0.39 is 5.54 Å². The smallest absolute Gasteiger partial charge is 0.257 e. The lowest BCUT2D eigenvalue weighted by Gasteiger charge is -2.43. The molecule has 3 saturated heterocycles. The van der Waals surface area contributed by atoms with Gasteiger partial charge >= 0.3 is 0 Å². The topological polar surface area (TPSA) is 101 Å². The maximum Gasteiger partial charge on any atom is 0.257 e. The first-order valence-electron chi connectivity index (χ1n) is 13.5. The fourth-order valence-corrected chi connectivity index (χ4v) is 5.81. The number of rotatable bonds is 8. The van der Waals surface area contributed by atoms with Crippen molar-refractivity contribution < 1.29 is 28.6 Å². The van der Waals surface area contributed by atoms with Crippen LogP contribution in [0.3, 0.4) is 0 Å². The molecule has 10 heteroatoms. The molecule has 1 unspecified atom stereocenters. The largest absolute Gasteiger partial charge is 0.497 e. The summed E-state index contributed by atoms with van der Waals surface area (Å²) in [5, 5.41) is 2.93. The van der Waals surface area contributed by atoms with E-state index in [2.05, 4.69) is 10.2 Å². The quantitative estimate of drug-likeness (QED) is 0.553. The lowest BCUT2D eigenvalue weighted by molar-refractivity contribution is -0.137. The SMILES string of the molecule is COc1ccc(C(=O)N2CCC3(CC2)C(=O)N(CC(=O)NCC2CCCO2)CN3c2ccccc2)c(OC)c1. The molecule has 3 fully saturated rings. The first-order chi connectivity index (χ1) is 18.9. The van der Waals surface area contributed by atoms with Crippen LogP contribution in [0, 0.1) is 0 Å². The molecule has 5 rings (SSSR count). The number of carbonyl (C=O) groups is 3. The maximum absolute atomic E-state index is 13.9. The highest BCUT2D eigenvalue weighted by molar-refractivity contribution is 5.99. The molecule has 3 aliphatic heterocycles. The molecule has 39 heavy (non-hydrogen) atoms. The third-order valence-electron chi connectivity index (χ3n) is 7.98. The van der Waals surface area contributed by atoms with Crippen molar-refractivity contribution in [3.63, 3.8) is 0 Å². The summed E-state index contributed by atoms with van der Waals surface area (Å²) in [4.78, 5) is 45.6. The fraction of sp³-hybridized carbons (Fsp3) is 0.483. The van der Waals surface area contributed by atoms with Gasteiger partial charge in [-0.15, -0.1) is 0 Å². The van der Waals surface area contributed by atoms with E-state index >= 15 is 0 Å². The van der Waals surface area contributed by atoms with Gasteiger partial charge in [-0.05, 0) is 49.9 Å². The van der Waals surface area contributed by atoms with Gasteiger partial charge in [0.1, 0.15) is 23.6 Å². The Kier molecular flexibility index (Phi) is 7.92. The third kappa shape index (κ3) is 5.38. The Morgan fingerprint density at radius 2 is 1.85 bits per heavy atom. The number of hydrogen-bond acceptors (Lipinski definition) is 7. The molecular weight excluding hydrogens is 500 g/mol. The molecule has 0 aromatic heterocycles. The van der Waals surface area contributed by atoms with Gasteiger partial charge in [0.15, 0.2) is 0 Å². The highest BCUT2D eigenvalue weighted by Crippen LogP contribution is 2.40. The van der Waals surface area contributed by atoms with Crippen LogP contribution in [0.25, 0.3) is 0 Å². The van der Waals surface area contributed by atoms with Gasteiger partial charge in [0, 0.05) is 38.0 Å². The molecule has 0 aliphatic carbocycles. The molecule has 208 valence electrons. The van der Waals surface area contributed by atoms with E-state index in [0.29, 0.717) is 56.2 Å². The Balaban J connectivity index is 1.30. The summed E-state index contributed by atoms with van der Waals surface area (Å²) in [6, 6.07) is 14.9. The second kappa shape index (κ2) is 11.5. The van der Waals surface area contributed by atoms with Crippen molar-refractivity contribution >= 4 is 23.4 Å². The van der Waals surface area contributed by atoms with Crippen LogP contribution in [0.15, 0.2) is 48.5 Å². The summed E-state index contributed by atoms with van der Waals surface area (Å²) < 4.78 is 16.3. The molecule has 2 aromatic rings. The van der Waals surface area contributed by atoms with Crippen LogP contribution < -0.4 is 19.7 Å². The summed E-state index contributed by atoms with van der Waals surface area (Å²) >= 11 is 0. The predicted octanol–water partition coefficient (Wildman–Crippen LogP) is 2.28. The summed E-state index contributed by atoms with van der Waals surface area (Å²) in [6.45, 7) is 2.30. The molecule has 2 aromatic carbocycles. The summed E-state index contributed by atoms with van der Waals surface area (Å²) in [5.74, 6) is 0.640. The van der Waals surface area contributed by atoms with Gasteiger partial charge < -0.3 is 34.2 Å². The normalized spacial score (nSPS) is 20.4. The van der Waals surface area contributed by atoms with Gasteiger partial charge in [0.25, 0.3) is 11.8 Å². The van der Waals surface area contributed by atoms with E-state index in [1.807, 2.05) is 30.3 Å². The van der Waals surface area contributed by atoms with Gasteiger partial charge in [-0.3, -0.25) is 14.4 Å². The number of ether oxygens (including phenoxy) is 3. The first kappa shape index (κ1) is 26.8. The molecule has 3 heterocycles. The van der Waals surface area contributed by atoms with Crippen molar-refractivity contribution in [1.29, 1.82) is 0 Å². The lowest BCUT2D eigenvalue weighted by Crippen LogP contribution is -2.57. The number of likely N-dealkylation sites (tertiary alicyclic amines) is 1. The van der Waals surface area contributed by atoms with Crippen LogP contribution in [-0.4, -0.2) is 92.8 Å². The van der Waals surface area contributed by atoms with Crippen molar-refractivity contribution in [3.8, 4) is 11.5 Å². The van der Waals surface area contributed by atoms with E-state index in [1.165, 1.54) is 7.11 Å². The molecule has 3 aliphatic rings. The number of carbonyl (C=O) groups excluding carboxylic acids is 3. The van der Waals surface area contributed by atoms with Gasteiger partial charge in [-0.25, -0.2) is 0 Å². The zero-order valence-electron chi connectivity index (χ0n) is 22.6. The number of anilines is 1. The van der Waals surface area contributed by atoms with E-state index in [0.717, 1.165) is 25.1 Å². The molecular formula is C29H36N4O6. The number of nitrogens with one attached hydrogen (secondary N) is 1. The standard InChI is InChI=1S/C29H36N4O6/c1-37-22-10-11-24(25(17-22)38-2)27(35)31-14-12-29(13-15-31)28(36)32(20-33(29)21-7-4-3-5-8-21)19-26(34)30-18-23-9-6-16-39-23/h3-5,7-8,10-11,17,23H,6,9,12-16,18-20H2,1-2H3,(H,30,34). The van der Waals surface area contributed by atoms with Crippen LogP contribution in [-0.2, 0) is 14.3 Å². The molecule has 10 nitrogen and oxygen atoms in total. The highest BCUT2D eigenvalue weighted by Gasteiger charge is 2.54. The van der Waals surface area contributed by atoms with Crippen molar-refractivity contribution in [3.05, 3.63) is 54.1 Å². The average molecular weight is 537 g/mol. The van der Waals surface area contributed by atoms with Crippen LogP contribution in [0.5, 0.6) is 11.5 Å². The number of benzene rings is 2. The summed E-state index contributed by atoms with van der Waals surface area (Å²) in [7, 11) is 3.09. The Bertz CT molecular complexity index is 1190. The predicted molar refractivity (Wildman–Crippen MR) is 145 cm³/mol. The molecule has 0 saturated carbocycles. The zero-order valence-corrected chi connectivity index (χ0v) is 22.6. The fourth-order valence-electron chi connectivity index (χ4n) is 5.81. The maximum atomic E-state index is 13.9. The van der Waals surface area contributed by atoms with Crippen molar-refractivity contribution in [2.45, 2.75) is 37.3 Å². The monoisotopic (exact) mass is 536 g/mol. The van der Waals surface area contributed by atoms with Crippen molar-refractivity contribution in [2.75, 3.05) is 58.6 Å². The number of amides is 3. The van der Waals surface area contributed by atoms with Gasteiger partial charge in [-0.1, -0.05) is 18.2 Å². The van der Waals surface area contributed by atoms with Gasteiger partial charge in [0.2, 0.25) is 5.91 Å². The second-order valence-electron chi connectivity index (χ2n) is 10.2. The van der Waals surface area contributed by atoms with E-state index in [1.54, 1.807) is 35.1 Å². The van der Waals surface area contributed by atoms with Gasteiger partial charge in [-0.2, -0.15) is 0 Å². The number of nitrogens with zero attached hydrogens (tertiary/aromatic N) is 3. The minimum absolute atomic E-state index is 0.0116. The van der Waals surface area contributed by atoms with Crippen LogP contribution in [0.2, 0.25) is 0 Å². The summed E-state index contributed by atoms with van der Waals surface area (Å²) in [6.07, 6.45) is 2.90. The molecule has 1 atom stereocenters. The van der Waals surface area contributed by atoms with Crippen molar-refractivity contribution in [2.24, 2.45) is 0 Å². The second-order valence-corrected chi connectivity index (χ2v) is 10.2. The number of hydrogen-bond donors (Lipinski definition) is 1. The van der Waals surface area contributed by atoms with Crippen LogP contribution in [0.4, 0.5) is 5.69 Å². The Morgan fingerprint density at radius 1 is 1.08 bits per heavy atom. The number of methoxy groups -OCH3 is 2. The average Bonchev–Trinajstić information content (AvgIpc) is 3.59. The zero-order chi connectivity index (χ0) is 27.4. The lowest BCUT2D eigenvalue weighted by atomic mass is 9.85. The Labute approximate surface area is 228 Å². The van der Waals surface area contributed by atoms with Crippen LogP contribution >= 0.6 is 0 Å². The number of para-hydroxylation sites is 1. The first-order valence-corrected chi connectivity index (χ1v) is 13.5. The molecule has 1 spiro atoms. The van der Waals surface area contributed by atoms with E-state index in [-0.39, 0.29) is 30.4 Å². The van der Waals surface area contributed by atoms with Gasteiger partial charge in [0.05, 0.1) is 32.6 Å². The highest BCUT2D eigenvalue weighted by atomic mass is 16.5. The van der Waals surface area contributed by atoms with E-state index in [9.17, 15) is 14.4 Å². The minimum atomic E-state index is -0.822. The minimum Gasteiger partial charge on any atom is -0.497 e. The molecule has 3 amide bonds. The summed E-state index contributed by atoms with van der Waals surface area (Å²) in [5.41, 5.74) is 0.554.